The summed E-state index contributed by atoms with van der Waals surface area (Å²) in [6.07, 6.45) is 0.792. The molecule has 0 unspecified atom stereocenters. The molecule has 0 bridgehead atoms. The minimum Gasteiger partial charge on any atom is -0.481 e. The Morgan fingerprint density at radius 2 is 1.34 bits per heavy atom. The van der Waals surface area contributed by atoms with E-state index in [0.717, 1.165) is 16.3 Å². The summed E-state index contributed by atoms with van der Waals surface area (Å²) in [6.45, 7) is 15.0. The zero-order valence-corrected chi connectivity index (χ0v) is 19.4. The smallest absolute Gasteiger partial charge is 0.303 e. The number of fused-ring (bicyclic) bond motifs is 6. The maximum absolute atomic E-state index is 11.2. The average molecular weight is 492 g/mol. The third-order valence-electron chi connectivity index (χ3n) is 6.62. The molecule has 0 aliphatic heterocycles. The molecule has 4 aromatic carbocycles. The number of carbonyl (C=O) groups is 1. The maximum atomic E-state index is 11.2. The summed E-state index contributed by atoms with van der Waals surface area (Å²) in [5.41, 5.74) is 2.38. The molecule has 0 aliphatic carbocycles. The Hall–Kier alpha value is -5.97. The molecule has 0 fully saturated rings. The van der Waals surface area contributed by atoms with E-state index in [9.17, 15) is 20.4 Å². The van der Waals surface area contributed by atoms with E-state index in [1.165, 1.54) is 0 Å². The van der Waals surface area contributed by atoms with Gasteiger partial charge in [-0.05, 0) is 30.5 Å². The standard InChI is InChI=1S/C28H12N8O2/c1-31-27-28(32-2)36-24-16-10-9-13(5-3-8-19(37)38)20-22(16)21-14(23(24)35-27)6-4-7-15(21)25-26(20)34-18(12-30)17(11-29)33-25/h4,6-7,9-10H,3,5,8H2,(H,37,38). The number of nitriles is 2. The molecule has 176 valence electrons. The summed E-state index contributed by atoms with van der Waals surface area (Å²) in [7, 11) is 0. The van der Waals surface area contributed by atoms with Gasteiger partial charge in [0.25, 0.3) is 11.6 Å². The quantitative estimate of drug-likeness (QED) is 0.187. The third-order valence-corrected chi connectivity index (χ3v) is 6.62. The van der Waals surface area contributed by atoms with Gasteiger partial charge in [-0.25, -0.2) is 9.97 Å². The number of carboxylic acids is 1. The molecule has 0 aliphatic rings. The Labute approximate surface area is 214 Å². The fourth-order valence-electron chi connectivity index (χ4n) is 5.12. The largest absolute Gasteiger partial charge is 0.481 e. The second-order valence-corrected chi connectivity index (χ2v) is 8.63. The molecule has 0 radical (unpaired) electrons. The highest BCUT2D eigenvalue weighted by atomic mass is 16.4. The summed E-state index contributed by atoms with van der Waals surface area (Å²) in [4.78, 5) is 36.2. The van der Waals surface area contributed by atoms with Gasteiger partial charge in [-0.15, -0.1) is 9.97 Å². The number of aliphatic carboxylic acids is 1. The lowest BCUT2D eigenvalue weighted by Gasteiger charge is -2.17. The van der Waals surface area contributed by atoms with E-state index >= 15 is 0 Å². The highest BCUT2D eigenvalue weighted by Gasteiger charge is 2.26. The van der Waals surface area contributed by atoms with Gasteiger partial charge in [-0.1, -0.05) is 31.3 Å². The fraction of sp³-hybridized carbons (Fsp3) is 0.107. The lowest BCUT2D eigenvalue weighted by molar-refractivity contribution is -0.137. The zero-order chi connectivity index (χ0) is 26.6. The fourth-order valence-corrected chi connectivity index (χ4v) is 5.12. The van der Waals surface area contributed by atoms with Crippen LogP contribution in [0.3, 0.4) is 0 Å². The number of nitrogens with zero attached hydrogens (tertiary/aromatic N) is 8. The summed E-state index contributed by atoms with van der Waals surface area (Å²) in [5.74, 6) is -1.09. The maximum Gasteiger partial charge on any atom is 0.303 e. The molecule has 2 heterocycles. The van der Waals surface area contributed by atoms with Crippen molar-refractivity contribution in [2.75, 3.05) is 0 Å². The van der Waals surface area contributed by atoms with Crippen molar-refractivity contribution in [1.82, 2.24) is 19.9 Å². The Kier molecular flexibility index (Phi) is 4.92. The number of hydrogen-bond donors (Lipinski definition) is 1. The molecule has 0 saturated heterocycles. The molecule has 6 rings (SSSR count). The first kappa shape index (κ1) is 22.5. The summed E-state index contributed by atoms with van der Waals surface area (Å²) in [5, 5.41) is 32.8. The lowest BCUT2D eigenvalue weighted by atomic mass is 9.88. The first-order valence-corrected chi connectivity index (χ1v) is 11.4. The molecule has 0 atom stereocenters. The third kappa shape index (κ3) is 3.05. The van der Waals surface area contributed by atoms with Crippen molar-refractivity contribution in [2.24, 2.45) is 0 Å². The van der Waals surface area contributed by atoms with Crippen LogP contribution in [0.5, 0.6) is 0 Å². The van der Waals surface area contributed by atoms with Gasteiger partial charge in [0.05, 0.1) is 11.0 Å². The van der Waals surface area contributed by atoms with Gasteiger partial charge in [0.1, 0.15) is 12.1 Å². The van der Waals surface area contributed by atoms with Crippen molar-refractivity contribution < 1.29 is 9.90 Å². The molecule has 2 aromatic heterocycles. The van der Waals surface area contributed by atoms with Crippen molar-refractivity contribution in [3.63, 3.8) is 0 Å². The Morgan fingerprint density at radius 1 is 0.789 bits per heavy atom. The molecular weight excluding hydrogens is 480 g/mol. The van der Waals surface area contributed by atoms with Crippen LogP contribution in [0, 0.1) is 35.8 Å². The molecular formula is C28H12N8O2. The monoisotopic (exact) mass is 492 g/mol. The molecule has 1 N–H and O–H groups in total. The highest BCUT2D eigenvalue weighted by molar-refractivity contribution is 6.38. The summed E-state index contributed by atoms with van der Waals surface area (Å²) < 4.78 is 0. The van der Waals surface area contributed by atoms with Crippen LogP contribution < -0.4 is 0 Å². The van der Waals surface area contributed by atoms with Crippen LogP contribution in [-0.4, -0.2) is 31.0 Å². The minimum atomic E-state index is -0.902. The average Bonchev–Trinajstić information content (AvgIpc) is 2.95. The second-order valence-electron chi connectivity index (χ2n) is 8.63. The van der Waals surface area contributed by atoms with Crippen molar-refractivity contribution in [3.05, 3.63) is 70.1 Å². The van der Waals surface area contributed by atoms with Crippen LogP contribution in [0.4, 0.5) is 11.6 Å². The molecule has 0 spiro atoms. The van der Waals surface area contributed by atoms with Gasteiger partial charge in [-0.3, -0.25) is 4.79 Å². The van der Waals surface area contributed by atoms with Gasteiger partial charge in [0.2, 0.25) is 11.0 Å². The second kappa shape index (κ2) is 8.31. The van der Waals surface area contributed by atoms with Gasteiger partial charge < -0.3 is 14.8 Å². The number of benzene rings is 4. The van der Waals surface area contributed by atoms with Crippen molar-refractivity contribution in [1.29, 1.82) is 10.5 Å². The van der Waals surface area contributed by atoms with Crippen molar-refractivity contribution in [2.45, 2.75) is 19.3 Å². The van der Waals surface area contributed by atoms with Crippen LogP contribution in [0.25, 0.3) is 64.1 Å². The van der Waals surface area contributed by atoms with Gasteiger partial charge >= 0.3 is 5.97 Å². The Bertz CT molecular complexity index is 2180. The van der Waals surface area contributed by atoms with Crippen LogP contribution in [0.15, 0.2) is 30.3 Å². The highest BCUT2D eigenvalue weighted by Crippen LogP contribution is 2.45. The van der Waals surface area contributed by atoms with E-state index < -0.39 is 5.97 Å². The van der Waals surface area contributed by atoms with E-state index in [1.807, 2.05) is 42.5 Å². The molecule has 6 aromatic rings. The van der Waals surface area contributed by atoms with E-state index in [0.29, 0.717) is 56.5 Å². The topological polar surface area (TPSA) is 145 Å². The number of aryl methyl sites for hydroxylation is 1. The van der Waals surface area contributed by atoms with Crippen LogP contribution >= 0.6 is 0 Å². The van der Waals surface area contributed by atoms with E-state index in [2.05, 4.69) is 29.6 Å². The number of rotatable bonds is 4. The normalized spacial score (nSPS) is 11.1. The first-order valence-electron chi connectivity index (χ1n) is 11.4. The number of aromatic nitrogens is 4. The van der Waals surface area contributed by atoms with Gasteiger partial charge in [-0.2, -0.15) is 10.5 Å². The lowest BCUT2D eigenvalue weighted by Crippen LogP contribution is -2.02. The van der Waals surface area contributed by atoms with Crippen LogP contribution in [-0.2, 0) is 11.2 Å². The predicted molar refractivity (Wildman–Crippen MR) is 139 cm³/mol. The summed E-state index contributed by atoms with van der Waals surface area (Å²) in [6, 6.07) is 13.1. The van der Waals surface area contributed by atoms with E-state index in [4.69, 9.17) is 13.1 Å². The molecule has 38 heavy (non-hydrogen) atoms. The molecule has 0 amide bonds. The Morgan fingerprint density at radius 3 is 1.89 bits per heavy atom. The number of hydrogen-bond acceptors (Lipinski definition) is 7. The molecule has 10 heteroatoms. The van der Waals surface area contributed by atoms with E-state index in [1.54, 1.807) is 0 Å². The molecule has 10 nitrogen and oxygen atoms in total. The van der Waals surface area contributed by atoms with Crippen LogP contribution in [0.1, 0.15) is 29.8 Å². The van der Waals surface area contributed by atoms with E-state index in [-0.39, 0.29) is 29.4 Å². The predicted octanol–water partition coefficient (Wildman–Crippen LogP) is 5.72. The van der Waals surface area contributed by atoms with Gasteiger partial charge in [0.15, 0.2) is 11.4 Å². The zero-order valence-electron chi connectivity index (χ0n) is 19.4. The summed E-state index contributed by atoms with van der Waals surface area (Å²) >= 11 is 0. The first-order chi connectivity index (χ1) is 18.5. The van der Waals surface area contributed by atoms with Gasteiger partial charge in [0, 0.05) is 38.7 Å². The van der Waals surface area contributed by atoms with Crippen LogP contribution in [0.2, 0.25) is 0 Å². The Balaban J connectivity index is 1.91. The molecule has 0 saturated carbocycles. The SMILES string of the molecule is [C-]#[N+]c1nc2c3cccc4c5nc(C#N)c(C#N)nc5c5c(CCCC(=O)O)ccc(c2nc1[N+]#[C-])c5c34. The van der Waals surface area contributed by atoms with Crippen molar-refractivity contribution in [3.8, 4) is 12.1 Å². The number of carboxylic acid groups (broad SMARTS) is 1. The minimum absolute atomic E-state index is 0.0181. The van der Waals surface area contributed by atoms with Crippen molar-refractivity contribution >= 4 is 72.0 Å².